The molecule has 5 rings (SSSR count). The van der Waals surface area contributed by atoms with E-state index in [-0.39, 0.29) is 5.91 Å². The summed E-state index contributed by atoms with van der Waals surface area (Å²) in [6.07, 6.45) is 3.57. The number of carbonyl (C=O) groups is 1. The Morgan fingerprint density at radius 3 is 2.18 bits per heavy atom. The molecule has 140 valence electrons. The number of hydrogen-bond donors (Lipinski definition) is 0. The molecule has 0 fully saturated rings. The van der Waals surface area contributed by atoms with Crippen LogP contribution in [-0.4, -0.2) is 33.9 Å². The predicted molar refractivity (Wildman–Crippen MR) is 108 cm³/mol. The van der Waals surface area contributed by atoms with E-state index in [1.165, 1.54) is 22.3 Å². The summed E-state index contributed by atoms with van der Waals surface area (Å²) in [6.45, 7) is 3.02. The van der Waals surface area contributed by atoms with Crippen LogP contribution in [0.25, 0.3) is 0 Å². The van der Waals surface area contributed by atoms with Gasteiger partial charge in [-0.3, -0.25) is 4.79 Å². The summed E-state index contributed by atoms with van der Waals surface area (Å²) in [5, 5.41) is 0. The molecule has 1 aromatic heterocycles. The summed E-state index contributed by atoms with van der Waals surface area (Å²) in [4.78, 5) is 26.2. The van der Waals surface area contributed by atoms with Crippen molar-refractivity contribution in [3.05, 3.63) is 88.7 Å². The number of benzene rings is 2. The lowest BCUT2D eigenvalue weighted by atomic mass is 10.00. The van der Waals surface area contributed by atoms with Crippen molar-refractivity contribution in [2.24, 2.45) is 0 Å². The summed E-state index contributed by atoms with van der Waals surface area (Å²) in [7, 11) is 0. The molecule has 0 atom stereocenters. The number of carbonyl (C=O) groups excluding carboxylic acids is 1. The molecule has 0 N–H and O–H groups in total. The average molecular weight is 370 g/mol. The van der Waals surface area contributed by atoms with Crippen molar-refractivity contribution in [2.75, 3.05) is 18.0 Å². The Morgan fingerprint density at radius 2 is 1.43 bits per heavy atom. The van der Waals surface area contributed by atoms with Gasteiger partial charge in [-0.05, 0) is 41.2 Å². The van der Waals surface area contributed by atoms with Gasteiger partial charge in [-0.25, -0.2) is 9.97 Å². The first-order valence-electron chi connectivity index (χ1n) is 9.79. The highest BCUT2D eigenvalue weighted by molar-refractivity contribution is 5.92. The maximum absolute atomic E-state index is 13.1. The molecule has 0 spiro atoms. The second-order valence-corrected chi connectivity index (χ2v) is 7.43. The minimum absolute atomic E-state index is 0.0180. The Balaban J connectivity index is 1.36. The van der Waals surface area contributed by atoms with E-state index in [1.54, 1.807) is 12.3 Å². The van der Waals surface area contributed by atoms with Crippen molar-refractivity contribution in [3.63, 3.8) is 0 Å². The molecule has 28 heavy (non-hydrogen) atoms. The van der Waals surface area contributed by atoms with Gasteiger partial charge >= 0.3 is 0 Å². The monoisotopic (exact) mass is 370 g/mol. The molecule has 2 aromatic carbocycles. The summed E-state index contributed by atoms with van der Waals surface area (Å²) in [6, 6.07) is 18.6. The molecule has 0 unspecified atom stereocenters. The third kappa shape index (κ3) is 3.13. The first-order valence-corrected chi connectivity index (χ1v) is 9.79. The third-order valence-electron chi connectivity index (χ3n) is 5.69. The first kappa shape index (κ1) is 16.9. The fourth-order valence-electron chi connectivity index (χ4n) is 4.12. The number of fused-ring (bicyclic) bond motifs is 2. The Labute approximate surface area is 164 Å². The van der Waals surface area contributed by atoms with Crippen molar-refractivity contribution in [3.8, 4) is 0 Å². The van der Waals surface area contributed by atoms with E-state index in [9.17, 15) is 4.79 Å². The molecule has 3 aromatic rings. The largest absolute Gasteiger partial charge is 0.336 e. The Morgan fingerprint density at radius 1 is 0.786 bits per heavy atom. The molecule has 2 aliphatic heterocycles. The number of anilines is 1. The van der Waals surface area contributed by atoms with Crippen molar-refractivity contribution >= 4 is 11.9 Å². The number of nitrogens with zero attached hydrogens (tertiary/aromatic N) is 4. The number of hydrogen-bond acceptors (Lipinski definition) is 4. The lowest BCUT2D eigenvalue weighted by Gasteiger charge is -2.30. The molecule has 0 bridgehead atoms. The number of aromatic nitrogens is 2. The highest BCUT2D eigenvalue weighted by atomic mass is 16.2. The molecule has 1 amide bonds. The van der Waals surface area contributed by atoms with Crippen LogP contribution in [0.1, 0.15) is 32.7 Å². The fraction of sp³-hybridized carbons (Fsp3) is 0.261. The van der Waals surface area contributed by atoms with E-state index in [2.05, 4.69) is 57.3 Å². The highest BCUT2D eigenvalue weighted by Gasteiger charge is 2.24. The Kier molecular flexibility index (Phi) is 4.28. The zero-order valence-corrected chi connectivity index (χ0v) is 15.7. The van der Waals surface area contributed by atoms with Crippen molar-refractivity contribution < 1.29 is 4.79 Å². The third-order valence-corrected chi connectivity index (χ3v) is 5.69. The molecule has 0 radical (unpaired) electrons. The summed E-state index contributed by atoms with van der Waals surface area (Å²) in [5.41, 5.74) is 5.73. The molecular weight excluding hydrogens is 348 g/mol. The maximum atomic E-state index is 13.1. The molecule has 0 saturated carbocycles. The molecule has 3 heterocycles. The topological polar surface area (TPSA) is 49.3 Å². The number of amides is 1. The van der Waals surface area contributed by atoms with Gasteiger partial charge in [0.1, 0.15) is 5.69 Å². The van der Waals surface area contributed by atoms with Crippen LogP contribution in [0.15, 0.2) is 60.8 Å². The Hall–Kier alpha value is -3.21. The van der Waals surface area contributed by atoms with Crippen LogP contribution >= 0.6 is 0 Å². The summed E-state index contributed by atoms with van der Waals surface area (Å²) < 4.78 is 0. The fourth-order valence-corrected chi connectivity index (χ4v) is 4.12. The van der Waals surface area contributed by atoms with Crippen molar-refractivity contribution in [1.82, 2.24) is 14.9 Å². The lowest BCUT2D eigenvalue weighted by Crippen LogP contribution is -2.37. The molecule has 0 aliphatic carbocycles. The van der Waals surface area contributed by atoms with Gasteiger partial charge in [-0.1, -0.05) is 48.5 Å². The van der Waals surface area contributed by atoms with E-state index < -0.39 is 0 Å². The van der Waals surface area contributed by atoms with Gasteiger partial charge in [0.15, 0.2) is 0 Å². The number of rotatable bonds is 2. The first-order chi connectivity index (χ1) is 13.8. The Bertz CT molecular complexity index is 1030. The van der Waals surface area contributed by atoms with Crippen LogP contribution in [-0.2, 0) is 25.9 Å². The predicted octanol–water partition coefficient (Wildman–Crippen LogP) is 3.24. The minimum Gasteiger partial charge on any atom is -0.336 e. The van der Waals surface area contributed by atoms with Gasteiger partial charge in [-0.2, -0.15) is 0 Å². The van der Waals surface area contributed by atoms with Crippen molar-refractivity contribution in [1.29, 1.82) is 0 Å². The molecule has 5 heteroatoms. The normalized spacial score (nSPS) is 15.7. The second-order valence-electron chi connectivity index (χ2n) is 7.43. The van der Waals surface area contributed by atoms with Crippen LogP contribution in [0.3, 0.4) is 0 Å². The van der Waals surface area contributed by atoms with Gasteiger partial charge in [0.2, 0.25) is 5.95 Å². The quantitative estimate of drug-likeness (QED) is 0.695. The van der Waals surface area contributed by atoms with Crippen molar-refractivity contribution in [2.45, 2.75) is 25.9 Å². The highest BCUT2D eigenvalue weighted by Crippen LogP contribution is 2.23. The van der Waals surface area contributed by atoms with E-state index >= 15 is 0 Å². The lowest BCUT2D eigenvalue weighted by molar-refractivity contribution is 0.0728. The van der Waals surface area contributed by atoms with Gasteiger partial charge < -0.3 is 9.80 Å². The van der Waals surface area contributed by atoms with Gasteiger partial charge in [0.25, 0.3) is 5.91 Å². The molecule has 5 nitrogen and oxygen atoms in total. The van der Waals surface area contributed by atoms with Gasteiger partial charge in [0.05, 0.1) is 0 Å². The minimum atomic E-state index is -0.0180. The van der Waals surface area contributed by atoms with E-state index in [0.717, 1.165) is 32.5 Å². The van der Waals surface area contributed by atoms with Gasteiger partial charge in [-0.15, -0.1) is 0 Å². The maximum Gasteiger partial charge on any atom is 0.272 e. The SMILES string of the molecule is O=C(c1ccnc(N2CCc3ccccc3C2)n1)N1CCc2ccccc2C1. The molecular formula is C23H22N4O. The zero-order chi connectivity index (χ0) is 18.9. The summed E-state index contributed by atoms with van der Waals surface area (Å²) >= 11 is 0. The smallest absolute Gasteiger partial charge is 0.272 e. The van der Waals surface area contributed by atoms with E-state index in [4.69, 9.17) is 0 Å². The van der Waals surface area contributed by atoms with Crippen LogP contribution < -0.4 is 4.90 Å². The average Bonchev–Trinajstić information content (AvgIpc) is 2.78. The molecule has 2 aliphatic rings. The van der Waals surface area contributed by atoms with Crippen LogP contribution in [0.2, 0.25) is 0 Å². The van der Waals surface area contributed by atoms with Gasteiger partial charge in [0, 0.05) is 32.4 Å². The van der Waals surface area contributed by atoms with Crippen LogP contribution in [0.4, 0.5) is 5.95 Å². The van der Waals surface area contributed by atoms with E-state index in [1.807, 2.05) is 11.0 Å². The second kappa shape index (κ2) is 7.08. The standard InChI is InChI=1S/C23H22N4O/c28-22(26-13-10-17-5-1-3-7-19(17)15-26)21-9-12-24-23(25-21)27-14-11-18-6-2-4-8-20(18)16-27/h1-9,12H,10-11,13-16H2. The van der Waals surface area contributed by atoms with E-state index in [0.29, 0.717) is 18.2 Å². The zero-order valence-electron chi connectivity index (χ0n) is 15.7. The summed E-state index contributed by atoms with van der Waals surface area (Å²) in [5.74, 6) is 0.619. The molecule has 0 saturated heterocycles. The van der Waals surface area contributed by atoms with Crippen LogP contribution in [0.5, 0.6) is 0 Å². The van der Waals surface area contributed by atoms with Crippen LogP contribution in [0, 0.1) is 0 Å².